The van der Waals surface area contributed by atoms with Gasteiger partial charge in [-0.25, -0.2) is 0 Å². The minimum atomic E-state index is -0.491. The van der Waals surface area contributed by atoms with Crippen molar-refractivity contribution in [1.29, 1.82) is 0 Å². The van der Waals surface area contributed by atoms with Crippen LogP contribution >= 0.6 is 11.3 Å². The van der Waals surface area contributed by atoms with Crippen LogP contribution in [0.5, 0.6) is 0 Å². The number of Topliss-reactive ketones (excluding diaryl/α,β-unsaturated/α-hetero) is 1. The Bertz CT molecular complexity index is 464. The van der Waals surface area contributed by atoms with Crippen molar-refractivity contribution in [3.05, 3.63) is 58.3 Å². The standard InChI is InChI=1S/C14H15NOS/c15-14(12-4-2-1-3-5-12)13(16)7-6-11-8-9-17-10-11/h1-5,8-10,14H,6-7,15H2/t14-/m1/s1. The molecule has 88 valence electrons. The first kappa shape index (κ1) is 12.0. The van der Waals surface area contributed by atoms with E-state index in [4.69, 9.17) is 5.73 Å². The highest BCUT2D eigenvalue weighted by Crippen LogP contribution is 2.15. The highest BCUT2D eigenvalue weighted by Gasteiger charge is 2.14. The summed E-state index contributed by atoms with van der Waals surface area (Å²) >= 11 is 1.65. The fourth-order valence-electron chi connectivity index (χ4n) is 1.70. The van der Waals surface area contributed by atoms with E-state index in [-0.39, 0.29) is 5.78 Å². The topological polar surface area (TPSA) is 43.1 Å². The summed E-state index contributed by atoms with van der Waals surface area (Å²) in [7, 11) is 0. The van der Waals surface area contributed by atoms with Crippen LogP contribution in [-0.2, 0) is 11.2 Å². The van der Waals surface area contributed by atoms with Crippen LogP contribution in [0.1, 0.15) is 23.6 Å². The van der Waals surface area contributed by atoms with Gasteiger partial charge in [0.2, 0.25) is 0 Å². The molecule has 3 heteroatoms. The summed E-state index contributed by atoms with van der Waals surface area (Å²) in [5, 5.41) is 4.10. The molecule has 2 aromatic rings. The van der Waals surface area contributed by atoms with Crippen molar-refractivity contribution in [3.63, 3.8) is 0 Å². The van der Waals surface area contributed by atoms with Crippen LogP contribution in [0.2, 0.25) is 0 Å². The molecule has 0 saturated carbocycles. The Labute approximate surface area is 105 Å². The maximum Gasteiger partial charge on any atom is 0.154 e. The number of hydrogen-bond donors (Lipinski definition) is 1. The minimum absolute atomic E-state index is 0.0994. The van der Waals surface area contributed by atoms with Crippen LogP contribution in [0.3, 0.4) is 0 Å². The van der Waals surface area contributed by atoms with E-state index in [9.17, 15) is 4.79 Å². The molecule has 0 saturated heterocycles. The molecule has 17 heavy (non-hydrogen) atoms. The van der Waals surface area contributed by atoms with Gasteiger partial charge in [-0.15, -0.1) is 0 Å². The van der Waals surface area contributed by atoms with Crippen molar-refractivity contribution >= 4 is 17.1 Å². The van der Waals surface area contributed by atoms with Gasteiger partial charge in [0.05, 0.1) is 6.04 Å². The monoisotopic (exact) mass is 245 g/mol. The lowest BCUT2D eigenvalue weighted by Gasteiger charge is -2.10. The van der Waals surface area contributed by atoms with Gasteiger partial charge in [0.25, 0.3) is 0 Å². The van der Waals surface area contributed by atoms with E-state index in [0.717, 1.165) is 12.0 Å². The number of ketones is 1. The van der Waals surface area contributed by atoms with Crippen LogP contribution < -0.4 is 5.73 Å². The zero-order chi connectivity index (χ0) is 12.1. The molecule has 0 aliphatic rings. The second kappa shape index (κ2) is 5.75. The average molecular weight is 245 g/mol. The Balaban J connectivity index is 1.92. The zero-order valence-electron chi connectivity index (χ0n) is 9.50. The molecule has 0 radical (unpaired) electrons. The smallest absolute Gasteiger partial charge is 0.154 e. The lowest BCUT2D eigenvalue weighted by molar-refractivity contribution is -0.120. The number of aryl methyl sites for hydroxylation is 1. The average Bonchev–Trinajstić information content (AvgIpc) is 2.89. The Morgan fingerprint density at radius 3 is 2.65 bits per heavy atom. The molecular weight excluding hydrogens is 230 g/mol. The molecule has 0 aliphatic carbocycles. The molecule has 1 atom stereocenters. The fraction of sp³-hybridized carbons (Fsp3) is 0.214. The third kappa shape index (κ3) is 3.25. The molecule has 0 amide bonds. The summed E-state index contributed by atoms with van der Waals surface area (Å²) < 4.78 is 0. The highest BCUT2D eigenvalue weighted by molar-refractivity contribution is 7.07. The van der Waals surface area contributed by atoms with E-state index in [1.54, 1.807) is 11.3 Å². The molecule has 1 aromatic heterocycles. The van der Waals surface area contributed by atoms with Crippen molar-refractivity contribution in [2.45, 2.75) is 18.9 Å². The maximum atomic E-state index is 11.9. The van der Waals surface area contributed by atoms with Crippen molar-refractivity contribution < 1.29 is 4.79 Å². The Morgan fingerprint density at radius 2 is 2.00 bits per heavy atom. The van der Waals surface area contributed by atoms with Gasteiger partial charge in [-0.2, -0.15) is 11.3 Å². The third-order valence-corrected chi connectivity index (χ3v) is 3.48. The van der Waals surface area contributed by atoms with Crippen LogP contribution in [-0.4, -0.2) is 5.78 Å². The first-order valence-corrected chi connectivity index (χ1v) is 6.56. The van der Waals surface area contributed by atoms with Gasteiger partial charge in [-0.3, -0.25) is 4.79 Å². The van der Waals surface area contributed by atoms with E-state index in [2.05, 4.69) is 5.38 Å². The number of hydrogen-bond acceptors (Lipinski definition) is 3. The Morgan fingerprint density at radius 1 is 1.24 bits per heavy atom. The first-order chi connectivity index (χ1) is 8.27. The second-order valence-corrected chi connectivity index (χ2v) is 4.77. The number of carbonyl (C=O) groups is 1. The first-order valence-electron chi connectivity index (χ1n) is 5.61. The molecule has 2 rings (SSSR count). The van der Waals surface area contributed by atoms with Crippen molar-refractivity contribution in [2.75, 3.05) is 0 Å². The minimum Gasteiger partial charge on any atom is -0.318 e. The van der Waals surface area contributed by atoms with Crippen molar-refractivity contribution in [3.8, 4) is 0 Å². The van der Waals surface area contributed by atoms with Crippen LogP contribution in [0.15, 0.2) is 47.2 Å². The van der Waals surface area contributed by atoms with Crippen LogP contribution in [0, 0.1) is 0 Å². The van der Waals surface area contributed by atoms with Gasteiger partial charge < -0.3 is 5.73 Å². The summed E-state index contributed by atoms with van der Waals surface area (Å²) in [6.45, 7) is 0. The summed E-state index contributed by atoms with van der Waals surface area (Å²) in [5.74, 6) is 0.0994. The Kier molecular flexibility index (Phi) is 4.07. The normalized spacial score (nSPS) is 12.3. The third-order valence-electron chi connectivity index (χ3n) is 2.75. The van der Waals surface area contributed by atoms with E-state index >= 15 is 0 Å². The van der Waals surface area contributed by atoms with Gasteiger partial charge in [0.15, 0.2) is 5.78 Å². The molecule has 0 fully saturated rings. The van der Waals surface area contributed by atoms with Gasteiger partial charge in [-0.1, -0.05) is 30.3 Å². The van der Waals surface area contributed by atoms with E-state index in [1.165, 1.54) is 5.56 Å². The van der Waals surface area contributed by atoms with Gasteiger partial charge >= 0.3 is 0 Å². The summed E-state index contributed by atoms with van der Waals surface area (Å²) in [6, 6.07) is 11.1. The zero-order valence-corrected chi connectivity index (χ0v) is 10.3. The molecular formula is C14H15NOS. The molecule has 1 aromatic carbocycles. The Hall–Kier alpha value is -1.45. The predicted octanol–water partition coefficient (Wildman–Crippen LogP) is 2.95. The van der Waals surface area contributed by atoms with E-state index < -0.39 is 6.04 Å². The lowest BCUT2D eigenvalue weighted by atomic mass is 9.99. The number of nitrogens with two attached hydrogens (primary N) is 1. The lowest BCUT2D eigenvalue weighted by Crippen LogP contribution is -2.21. The van der Waals surface area contributed by atoms with Crippen LogP contribution in [0.4, 0.5) is 0 Å². The maximum absolute atomic E-state index is 11.9. The summed E-state index contributed by atoms with van der Waals surface area (Å²) in [6.07, 6.45) is 1.29. The molecule has 0 bridgehead atoms. The van der Waals surface area contributed by atoms with Gasteiger partial charge in [0, 0.05) is 6.42 Å². The summed E-state index contributed by atoms with van der Waals surface area (Å²) in [5.41, 5.74) is 8.03. The predicted molar refractivity (Wildman–Crippen MR) is 71.0 cm³/mol. The quantitative estimate of drug-likeness (QED) is 0.880. The molecule has 0 aliphatic heterocycles. The van der Waals surface area contributed by atoms with Crippen molar-refractivity contribution in [1.82, 2.24) is 0 Å². The summed E-state index contributed by atoms with van der Waals surface area (Å²) in [4.78, 5) is 11.9. The molecule has 2 nitrogen and oxygen atoms in total. The molecule has 1 heterocycles. The molecule has 0 spiro atoms. The van der Waals surface area contributed by atoms with E-state index in [0.29, 0.717) is 6.42 Å². The van der Waals surface area contributed by atoms with Crippen LogP contribution in [0.25, 0.3) is 0 Å². The fourth-order valence-corrected chi connectivity index (χ4v) is 2.41. The second-order valence-electron chi connectivity index (χ2n) is 3.99. The number of rotatable bonds is 5. The van der Waals surface area contributed by atoms with Gasteiger partial charge in [0.1, 0.15) is 0 Å². The number of benzene rings is 1. The highest BCUT2D eigenvalue weighted by atomic mass is 32.1. The largest absolute Gasteiger partial charge is 0.318 e. The SMILES string of the molecule is N[C@@H](C(=O)CCc1ccsc1)c1ccccc1. The van der Waals surface area contributed by atoms with Gasteiger partial charge in [-0.05, 0) is 34.4 Å². The number of thiophene rings is 1. The number of carbonyl (C=O) groups excluding carboxylic acids is 1. The molecule has 2 N–H and O–H groups in total. The molecule has 0 unspecified atom stereocenters. The van der Waals surface area contributed by atoms with Crippen molar-refractivity contribution in [2.24, 2.45) is 5.73 Å². The van der Waals surface area contributed by atoms with E-state index in [1.807, 2.05) is 41.8 Å².